The molecule has 0 aliphatic rings. The second-order valence-electron chi connectivity index (χ2n) is 5.32. The van der Waals surface area contributed by atoms with Crippen LogP contribution < -0.4 is 16.4 Å². The van der Waals surface area contributed by atoms with Gasteiger partial charge >= 0.3 is 0 Å². The number of aryl methyl sites for hydroxylation is 1. The highest BCUT2D eigenvalue weighted by atomic mass is 35.5. The molecule has 0 aliphatic carbocycles. The van der Waals surface area contributed by atoms with Gasteiger partial charge in [0.25, 0.3) is 0 Å². The highest BCUT2D eigenvalue weighted by Crippen LogP contribution is 2.33. The number of nitrogens with one attached hydrogen (secondary N) is 2. The smallest absolute Gasteiger partial charge is 0.159 e. The van der Waals surface area contributed by atoms with Gasteiger partial charge in [0.15, 0.2) is 11.6 Å². The van der Waals surface area contributed by atoms with Crippen molar-refractivity contribution in [3.05, 3.63) is 63.4 Å². The molecule has 0 amide bonds. The minimum absolute atomic E-state index is 0.355. The Labute approximate surface area is 160 Å². The van der Waals surface area contributed by atoms with Crippen LogP contribution in [0.2, 0.25) is 15.1 Å². The Morgan fingerprint density at radius 2 is 1.44 bits per heavy atom. The van der Waals surface area contributed by atoms with E-state index in [4.69, 9.17) is 40.5 Å². The first-order valence-corrected chi connectivity index (χ1v) is 8.43. The number of anilines is 5. The van der Waals surface area contributed by atoms with Crippen LogP contribution in [0, 0.1) is 6.92 Å². The highest BCUT2D eigenvalue weighted by Gasteiger charge is 2.11. The van der Waals surface area contributed by atoms with Crippen molar-refractivity contribution in [2.24, 2.45) is 0 Å². The summed E-state index contributed by atoms with van der Waals surface area (Å²) in [5.74, 6) is 0.898. The fraction of sp³-hybridized carbons (Fsp3) is 0.0588. The van der Waals surface area contributed by atoms with E-state index in [1.165, 1.54) is 6.33 Å². The minimum Gasteiger partial charge on any atom is -0.393 e. The van der Waals surface area contributed by atoms with Crippen LogP contribution in [0.25, 0.3) is 0 Å². The van der Waals surface area contributed by atoms with Crippen molar-refractivity contribution in [3.63, 3.8) is 0 Å². The molecule has 0 unspecified atom stereocenters. The molecule has 0 saturated heterocycles. The first-order valence-electron chi connectivity index (χ1n) is 7.30. The predicted molar refractivity (Wildman–Crippen MR) is 106 cm³/mol. The molecule has 0 atom stereocenters. The summed E-state index contributed by atoms with van der Waals surface area (Å²) in [7, 11) is 0. The Morgan fingerprint density at radius 1 is 0.840 bits per heavy atom. The molecule has 25 heavy (non-hydrogen) atoms. The Balaban J connectivity index is 1.91. The molecule has 5 nitrogen and oxygen atoms in total. The Hall–Kier alpha value is -2.21. The maximum Gasteiger partial charge on any atom is 0.159 e. The molecule has 128 valence electrons. The molecule has 4 N–H and O–H groups in total. The van der Waals surface area contributed by atoms with Crippen LogP contribution in [0.4, 0.5) is 28.7 Å². The third-order valence-corrected chi connectivity index (χ3v) is 4.31. The first kappa shape index (κ1) is 17.6. The maximum atomic E-state index is 6.19. The predicted octanol–water partition coefficient (Wildman–Crippen LogP) is 5.81. The van der Waals surface area contributed by atoms with E-state index in [0.717, 1.165) is 11.3 Å². The van der Waals surface area contributed by atoms with E-state index in [2.05, 4.69) is 20.6 Å². The lowest BCUT2D eigenvalue weighted by atomic mass is 10.2. The van der Waals surface area contributed by atoms with Crippen molar-refractivity contribution in [3.8, 4) is 0 Å². The van der Waals surface area contributed by atoms with Crippen LogP contribution in [-0.2, 0) is 0 Å². The van der Waals surface area contributed by atoms with Crippen molar-refractivity contribution in [1.29, 1.82) is 0 Å². The van der Waals surface area contributed by atoms with E-state index in [1.807, 2.05) is 19.1 Å². The third kappa shape index (κ3) is 4.07. The van der Waals surface area contributed by atoms with Crippen LogP contribution >= 0.6 is 34.8 Å². The first-order chi connectivity index (χ1) is 11.9. The average molecular weight is 395 g/mol. The second kappa shape index (κ2) is 7.35. The number of rotatable bonds is 4. The van der Waals surface area contributed by atoms with E-state index in [9.17, 15) is 0 Å². The number of halogens is 3. The van der Waals surface area contributed by atoms with Gasteiger partial charge in [0.2, 0.25) is 0 Å². The fourth-order valence-corrected chi connectivity index (χ4v) is 2.77. The summed E-state index contributed by atoms with van der Waals surface area (Å²) in [6.45, 7) is 1.94. The molecule has 0 aliphatic heterocycles. The fourth-order valence-electron chi connectivity index (χ4n) is 2.21. The molecule has 0 bridgehead atoms. The van der Waals surface area contributed by atoms with E-state index < -0.39 is 0 Å². The van der Waals surface area contributed by atoms with Gasteiger partial charge in [-0.3, -0.25) is 0 Å². The van der Waals surface area contributed by atoms with Gasteiger partial charge in [0, 0.05) is 15.7 Å². The van der Waals surface area contributed by atoms with Gasteiger partial charge < -0.3 is 16.4 Å². The zero-order chi connectivity index (χ0) is 18.0. The number of hydrogen-bond donors (Lipinski definition) is 3. The van der Waals surface area contributed by atoms with Crippen molar-refractivity contribution in [2.75, 3.05) is 16.4 Å². The Bertz CT molecular complexity index is 930. The van der Waals surface area contributed by atoms with Gasteiger partial charge in [-0.2, -0.15) is 0 Å². The monoisotopic (exact) mass is 393 g/mol. The van der Waals surface area contributed by atoms with Crippen LogP contribution in [-0.4, -0.2) is 9.97 Å². The summed E-state index contributed by atoms with van der Waals surface area (Å²) >= 11 is 18.2. The quantitative estimate of drug-likeness (QED) is 0.520. The summed E-state index contributed by atoms with van der Waals surface area (Å²) in [6.07, 6.45) is 1.41. The average Bonchev–Trinajstić information content (AvgIpc) is 2.57. The number of nitrogens with two attached hydrogens (primary N) is 1. The van der Waals surface area contributed by atoms with E-state index >= 15 is 0 Å². The lowest BCUT2D eigenvalue weighted by molar-refractivity contribution is 1.17. The van der Waals surface area contributed by atoms with Crippen molar-refractivity contribution >= 4 is 63.5 Å². The lowest BCUT2D eigenvalue weighted by Gasteiger charge is -2.14. The maximum absolute atomic E-state index is 6.19. The van der Waals surface area contributed by atoms with Crippen molar-refractivity contribution in [2.45, 2.75) is 6.92 Å². The number of nitrogens with zero attached hydrogens (tertiary/aromatic N) is 2. The molecule has 0 spiro atoms. The topological polar surface area (TPSA) is 75.9 Å². The molecule has 0 saturated carbocycles. The van der Waals surface area contributed by atoms with E-state index in [-0.39, 0.29) is 0 Å². The molecule has 8 heteroatoms. The molecule has 3 aromatic rings. The number of benzene rings is 2. The lowest BCUT2D eigenvalue weighted by Crippen LogP contribution is -2.06. The van der Waals surface area contributed by atoms with Crippen LogP contribution in [0.3, 0.4) is 0 Å². The summed E-state index contributed by atoms with van der Waals surface area (Å²) < 4.78 is 0. The minimum atomic E-state index is 0.355. The summed E-state index contributed by atoms with van der Waals surface area (Å²) in [5, 5.41) is 7.98. The molecule has 2 aromatic carbocycles. The van der Waals surface area contributed by atoms with Gasteiger partial charge in [-0.15, -0.1) is 0 Å². The largest absolute Gasteiger partial charge is 0.393 e. The number of nitrogen functional groups attached to an aromatic ring is 1. The van der Waals surface area contributed by atoms with Gasteiger partial charge in [0.05, 0.1) is 10.7 Å². The van der Waals surface area contributed by atoms with Crippen LogP contribution in [0.1, 0.15) is 5.56 Å². The van der Waals surface area contributed by atoms with Crippen LogP contribution in [0.15, 0.2) is 42.7 Å². The molecular formula is C17H14Cl3N5. The van der Waals surface area contributed by atoms with Gasteiger partial charge in [-0.1, -0.05) is 34.8 Å². The van der Waals surface area contributed by atoms with Gasteiger partial charge in [0.1, 0.15) is 12.0 Å². The molecular weight excluding hydrogens is 381 g/mol. The van der Waals surface area contributed by atoms with Crippen LogP contribution in [0.5, 0.6) is 0 Å². The molecule has 0 fully saturated rings. The normalized spacial score (nSPS) is 10.6. The summed E-state index contributed by atoms with van der Waals surface area (Å²) in [6, 6.07) is 10.6. The second-order valence-corrected chi connectivity index (χ2v) is 6.60. The van der Waals surface area contributed by atoms with Crippen molar-refractivity contribution < 1.29 is 0 Å². The number of hydrogen-bond acceptors (Lipinski definition) is 5. The van der Waals surface area contributed by atoms with E-state index in [0.29, 0.717) is 38.1 Å². The zero-order valence-corrected chi connectivity index (χ0v) is 15.4. The van der Waals surface area contributed by atoms with Crippen molar-refractivity contribution in [1.82, 2.24) is 9.97 Å². The molecule has 3 rings (SSSR count). The standard InChI is InChI=1S/C17H14Cl3N5/c1-9-6-10(18)3-5-13(9)24-16-15(21)17(23-8-22-16)25-14-7-11(19)2-4-12(14)20/h2-8H,21H2,1H3,(H2,22,23,24,25). The zero-order valence-electron chi connectivity index (χ0n) is 13.1. The van der Waals surface area contributed by atoms with E-state index in [1.54, 1.807) is 24.3 Å². The SMILES string of the molecule is Cc1cc(Cl)ccc1Nc1ncnc(Nc2cc(Cl)ccc2Cl)c1N. The van der Waals surface area contributed by atoms with Gasteiger partial charge in [-0.05, 0) is 48.9 Å². The Morgan fingerprint density at radius 3 is 2.12 bits per heavy atom. The number of aromatic nitrogens is 2. The molecule has 1 aromatic heterocycles. The Kier molecular flexibility index (Phi) is 5.18. The van der Waals surface area contributed by atoms with Gasteiger partial charge in [-0.25, -0.2) is 9.97 Å². The third-order valence-electron chi connectivity index (χ3n) is 3.51. The highest BCUT2D eigenvalue weighted by molar-refractivity contribution is 6.35. The molecule has 1 heterocycles. The summed E-state index contributed by atoms with van der Waals surface area (Å²) in [4.78, 5) is 8.37. The summed E-state index contributed by atoms with van der Waals surface area (Å²) in [5.41, 5.74) is 8.97. The molecule has 0 radical (unpaired) electrons.